The van der Waals surface area contributed by atoms with Crippen molar-refractivity contribution >= 4 is 35.5 Å². The number of nitrogens with two attached hydrogens (primary N) is 1. The molecule has 0 unspecified atom stereocenters. The Morgan fingerprint density at radius 2 is 2.19 bits per heavy atom. The number of hydrogen-bond donors (Lipinski definition) is 4. The fraction of sp³-hybridized carbons (Fsp3) is 0.417. The van der Waals surface area contributed by atoms with E-state index in [1.807, 2.05) is 0 Å². The molecule has 4 atom stereocenters. The van der Waals surface area contributed by atoms with Crippen LogP contribution in [0, 0.1) is 0 Å². The van der Waals surface area contributed by atoms with Crippen molar-refractivity contribution in [1.29, 1.82) is 0 Å². The zero-order chi connectivity index (χ0) is 19.1. The van der Waals surface area contributed by atoms with Crippen molar-refractivity contribution in [2.75, 3.05) is 12.3 Å². The zero-order valence-electron chi connectivity index (χ0n) is 12.9. The summed E-state index contributed by atoms with van der Waals surface area (Å²) >= 11 is 0. The molecule has 136 valence electrons. The second-order valence-electron chi connectivity index (χ2n) is 5.46. The third-order valence-corrected chi connectivity index (χ3v) is 4.21. The molecule has 0 aromatic carbocycles. The van der Waals surface area contributed by atoms with E-state index >= 15 is 0 Å². The lowest BCUT2D eigenvalue weighted by Crippen LogP contribution is -2.60. The molecule has 5 N–H and O–H groups in total. The largest absolute Gasteiger partial charge is 0.393 e. The van der Waals surface area contributed by atoms with E-state index in [9.17, 15) is 24.9 Å². The number of nitrogens with zero attached hydrogens (tertiary/aromatic N) is 7. The van der Waals surface area contributed by atoms with Gasteiger partial charge in [0.25, 0.3) is 0 Å². The minimum absolute atomic E-state index is 0.000316. The van der Waals surface area contributed by atoms with Crippen molar-refractivity contribution in [2.45, 2.75) is 23.5 Å². The van der Waals surface area contributed by atoms with Crippen LogP contribution >= 0.6 is 0 Å². The Morgan fingerprint density at radius 3 is 2.73 bits per heavy atom. The van der Waals surface area contributed by atoms with Gasteiger partial charge in [-0.25, -0.2) is 15.0 Å². The van der Waals surface area contributed by atoms with Gasteiger partial charge in [0.15, 0.2) is 47.0 Å². The molecular formula is C12H12N8O6. The highest BCUT2D eigenvalue weighted by molar-refractivity contribution is 5.84. The molecule has 3 rings (SSSR count). The predicted octanol–water partition coefficient (Wildman–Crippen LogP) is -1.90. The van der Waals surface area contributed by atoms with Crippen molar-refractivity contribution < 1.29 is 29.6 Å². The van der Waals surface area contributed by atoms with Crippen LogP contribution in [0.4, 0.5) is 11.8 Å². The molecule has 2 aromatic heterocycles. The van der Waals surface area contributed by atoms with Crippen LogP contribution in [-0.2, 0) is 14.3 Å². The summed E-state index contributed by atoms with van der Waals surface area (Å²) in [4.78, 5) is 37.0. The van der Waals surface area contributed by atoms with Gasteiger partial charge in [0.05, 0.1) is 6.61 Å². The van der Waals surface area contributed by atoms with E-state index < -0.39 is 30.1 Å². The van der Waals surface area contributed by atoms with Gasteiger partial charge in [-0.3, -0.25) is 14.2 Å². The topological polar surface area (TPSA) is 222 Å². The first kappa shape index (κ1) is 17.7. The number of azide groups is 1. The number of aliphatic hydroxyl groups excluding tert-OH is 2. The average Bonchev–Trinajstić information content (AvgIpc) is 3.11. The third-order valence-electron chi connectivity index (χ3n) is 4.21. The maximum Gasteiger partial charge on any atom is 0.201 e. The normalized spacial score (nSPS) is 30.9. The number of anilines is 1. The fourth-order valence-electron chi connectivity index (χ4n) is 2.79. The molecule has 3 heterocycles. The average molecular weight is 364 g/mol. The molecule has 0 radical (unpaired) electrons. The van der Waals surface area contributed by atoms with Crippen LogP contribution in [0.1, 0.15) is 6.23 Å². The summed E-state index contributed by atoms with van der Waals surface area (Å²) in [5, 5.41) is 33.8. The summed E-state index contributed by atoms with van der Waals surface area (Å²) in [6.07, 6.45) is -2.76. The molecule has 14 heteroatoms. The van der Waals surface area contributed by atoms with E-state index in [0.29, 0.717) is 0 Å². The van der Waals surface area contributed by atoms with Gasteiger partial charge in [-0.1, -0.05) is 0 Å². The van der Waals surface area contributed by atoms with Gasteiger partial charge in [-0.15, -0.1) is 0 Å². The fourth-order valence-corrected chi connectivity index (χ4v) is 2.79. The van der Waals surface area contributed by atoms with E-state index in [1.54, 1.807) is 0 Å². The van der Waals surface area contributed by atoms with E-state index in [1.165, 1.54) is 0 Å². The molecule has 1 saturated heterocycles. The number of aliphatic hydroxyl groups is 3. The summed E-state index contributed by atoms with van der Waals surface area (Å²) in [6, 6.07) is 0. The van der Waals surface area contributed by atoms with Gasteiger partial charge in [-0.05, 0) is 10.6 Å². The molecule has 0 spiro atoms. The number of aromatic nitrogens is 4. The summed E-state index contributed by atoms with van der Waals surface area (Å²) in [5.74, 6) is -0.461. The number of imidazole rings is 1. The Bertz CT molecular complexity index is 933. The highest BCUT2D eigenvalue weighted by Gasteiger charge is 2.66. The quantitative estimate of drug-likeness (QED) is 0.199. The van der Waals surface area contributed by atoms with Gasteiger partial charge in [0.1, 0.15) is 12.4 Å². The number of ether oxygens (including phenoxy) is 1. The molecule has 0 saturated carbocycles. The number of aldehydes is 2. The highest BCUT2D eigenvalue weighted by atomic mass is 16.6. The number of fused-ring (bicyclic) bond motifs is 1. The van der Waals surface area contributed by atoms with E-state index in [2.05, 4.69) is 25.0 Å². The van der Waals surface area contributed by atoms with Gasteiger partial charge in [0.2, 0.25) is 5.95 Å². The Hall–Kier alpha value is -3.16. The predicted molar refractivity (Wildman–Crippen MR) is 81.6 cm³/mol. The van der Waals surface area contributed by atoms with Gasteiger partial charge in [0, 0.05) is 4.91 Å². The van der Waals surface area contributed by atoms with Gasteiger partial charge >= 0.3 is 0 Å². The van der Waals surface area contributed by atoms with Crippen LogP contribution in [0.3, 0.4) is 0 Å². The van der Waals surface area contributed by atoms with Crippen molar-refractivity contribution in [3.63, 3.8) is 0 Å². The van der Waals surface area contributed by atoms with Crippen LogP contribution in [0.25, 0.3) is 21.6 Å². The first-order valence-electron chi connectivity index (χ1n) is 7.04. The van der Waals surface area contributed by atoms with Crippen molar-refractivity contribution in [2.24, 2.45) is 5.11 Å². The number of nitrogen functional groups attached to an aromatic ring is 1. The Labute approximate surface area is 143 Å². The number of carbonyl (C=O) groups excluding carboxylic acids is 2. The molecule has 1 aliphatic heterocycles. The molecule has 0 bridgehead atoms. The van der Waals surface area contributed by atoms with Crippen LogP contribution < -0.4 is 5.73 Å². The lowest BCUT2D eigenvalue weighted by atomic mass is 9.83. The summed E-state index contributed by atoms with van der Waals surface area (Å²) in [5.41, 5.74) is 9.11. The smallest absolute Gasteiger partial charge is 0.201 e. The molecule has 26 heavy (non-hydrogen) atoms. The Balaban J connectivity index is 2.29. The maximum absolute atomic E-state index is 11.5. The molecule has 1 fully saturated rings. The minimum Gasteiger partial charge on any atom is -0.393 e. The zero-order valence-corrected chi connectivity index (χ0v) is 12.9. The first-order valence-corrected chi connectivity index (χ1v) is 7.04. The van der Waals surface area contributed by atoms with Gasteiger partial charge < -0.3 is 25.8 Å². The molecule has 2 aromatic rings. The number of carbonyl (C=O) groups is 2. The number of hydrogen-bond acceptors (Lipinski definition) is 11. The maximum atomic E-state index is 11.5. The van der Waals surface area contributed by atoms with Crippen LogP contribution in [0.5, 0.6) is 0 Å². The molecule has 1 aliphatic rings. The van der Waals surface area contributed by atoms with E-state index in [4.69, 9.17) is 16.0 Å². The summed E-state index contributed by atoms with van der Waals surface area (Å²) < 4.78 is 6.27. The Morgan fingerprint density at radius 1 is 1.46 bits per heavy atom. The molecule has 14 nitrogen and oxygen atoms in total. The molecule has 0 aliphatic carbocycles. The highest BCUT2D eigenvalue weighted by Crippen LogP contribution is 2.45. The summed E-state index contributed by atoms with van der Waals surface area (Å²) in [7, 11) is 0. The van der Waals surface area contributed by atoms with E-state index in [0.717, 1.165) is 10.9 Å². The molecule has 0 amide bonds. The van der Waals surface area contributed by atoms with Crippen molar-refractivity contribution in [3.8, 4) is 0 Å². The van der Waals surface area contributed by atoms with Gasteiger partial charge in [-0.2, -0.15) is 0 Å². The third kappa shape index (κ3) is 2.08. The van der Waals surface area contributed by atoms with Crippen LogP contribution in [0.2, 0.25) is 0 Å². The SMILES string of the molecule is [N-]=[N+]=Nc1nc2c(N)ncnc2n1[C@@H]1O[C@](C=O)(CO)[C@](O)(C=O)[C@H]1O. The Kier molecular flexibility index (Phi) is 4.06. The van der Waals surface area contributed by atoms with Crippen LogP contribution in [-0.4, -0.2) is 71.3 Å². The minimum atomic E-state index is -2.78. The standard InChI is InChI=1S/C12H12N8O6/c13-7-5-8(16-4-15-7)20(10(17-5)18-19-14)9-6(24)12(25,3-23)11(1-21,2-22)26-9/h1,3-4,6,9,22,24-25H,2H2,(H2,13,15,16)/t6-,9+,11+,12-/m0/s1. The van der Waals surface area contributed by atoms with Crippen molar-refractivity contribution in [1.82, 2.24) is 19.5 Å². The first-order chi connectivity index (χ1) is 12.4. The van der Waals surface area contributed by atoms with Crippen LogP contribution in [0.15, 0.2) is 11.4 Å². The van der Waals surface area contributed by atoms with Crippen molar-refractivity contribution in [3.05, 3.63) is 16.8 Å². The van der Waals surface area contributed by atoms with E-state index in [-0.39, 0.29) is 35.5 Å². The second-order valence-corrected chi connectivity index (χ2v) is 5.46. The lowest BCUT2D eigenvalue weighted by Gasteiger charge is -2.30. The lowest BCUT2D eigenvalue weighted by molar-refractivity contribution is -0.173. The number of rotatable bonds is 5. The second kappa shape index (κ2) is 5.98. The molecular weight excluding hydrogens is 352 g/mol. The summed E-state index contributed by atoms with van der Waals surface area (Å²) in [6.45, 7) is -1.11. The monoisotopic (exact) mass is 364 g/mol.